The Morgan fingerprint density at radius 3 is 2.39 bits per heavy atom. The van der Waals surface area contributed by atoms with Crippen LogP contribution in [0.25, 0.3) is 11.4 Å². The monoisotopic (exact) mass is 440 g/mol. The highest BCUT2D eigenvalue weighted by atomic mass is 79.9. The molecule has 6 nitrogen and oxygen atoms in total. The molecular formula is C21H21BrN4O2. The molecule has 1 saturated heterocycles. The largest absolute Gasteiger partial charge is 0.337 e. The van der Waals surface area contributed by atoms with Crippen LogP contribution in [0.3, 0.4) is 0 Å². The molecule has 0 radical (unpaired) electrons. The van der Waals surface area contributed by atoms with Crippen LogP contribution in [0, 0.1) is 0 Å². The third-order valence-electron chi connectivity index (χ3n) is 5.07. The first-order valence-electron chi connectivity index (χ1n) is 9.30. The minimum Gasteiger partial charge on any atom is -0.337 e. The zero-order valence-corrected chi connectivity index (χ0v) is 17.2. The van der Waals surface area contributed by atoms with Crippen molar-refractivity contribution in [2.45, 2.75) is 13.0 Å². The van der Waals surface area contributed by atoms with Gasteiger partial charge in [0.15, 0.2) is 0 Å². The molecule has 0 spiro atoms. The fourth-order valence-corrected chi connectivity index (χ4v) is 3.62. The van der Waals surface area contributed by atoms with Gasteiger partial charge in [-0.2, -0.15) is 4.98 Å². The molecule has 3 aromatic rings. The van der Waals surface area contributed by atoms with Crippen LogP contribution in [0.15, 0.2) is 63.6 Å². The smallest absolute Gasteiger partial charge is 0.253 e. The topological polar surface area (TPSA) is 62.5 Å². The molecule has 0 bridgehead atoms. The van der Waals surface area contributed by atoms with Crippen molar-refractivity contribution in [3.05, 3.63) is 70.5 Å². The fraction of sp³-hybridized carbons (Fsp3) is 0.286. The predicted molar refractivity (Wildman–Crippen MR) is 110 cm³/mol. The number of nitrogens with zero attached hydrogens (tertiary/aromatic N) is 4. The molecule has 2 aromatic carbocycles. The zero-order valence-electron chi connectivity index (χ0n) is 15.6. The summed E-state index contributed by atoms with van der Waals surface area (Å²) in [4.78, 5) is 21.4. The van der Waals surface area contributed by atoms with Crippen molar-refractivity contribution in [3.8, 4) is 11.4 Å². The van der Waals surface area contributed by atoms with E-state index in [4.69, 9.17) is 4.52 Å². The normalized spacial score (nSPS) is 16.1. The predicted octanol–water partition coefficient (Wildman–Crippen LogP) is 4.02. The summed E-state index contributed by atoms with van der Waals surface area (Å²) in [6, 6.07) is 17.3. The van der Waals surface area contributed by atoms with Crippen molar-refractivity contribution >= 4 is 21.8 Å². The van der Waals surface area contributed by atoms with Gasteiger partial charge in [0.2, 0.25) is 11.7 Å². The second-order valence-corrected chi connectivity index (χ2v) is 7.75. The molecule has 1 aromatic heterocycles. The summed E-state index contributed by atoms with van der Waals surface area (Å²) >= 11 is 3.40. The van der Waals surface area contributed by atoms with Crippen molar-refractivity contribution in [2.24, 2.45) is 0 Å². The molecule has 1 unspecified atom stereocenters. The Kier molecular flexibility index (Phi) is 5.54. The van der Waals surface area contributed by atoms with Crippen LogP contribution in [0.4, 0.5) is 0 Å². The van der Waals surface area contributed by atoms with Crippen LogP contribution in [-0.4, -0.2) is 52.0 Å². The van der Waals surface area contributed by atoms with Gasteiger partial charge in [-0.15, -0.1) is 0 Å². The summed E-state index contributed by atoms with van der Waals surface area (Å²) in [5.41, 5.74) is 1.66. The molecule has 0 aliphatic carbocycles. The number of carbonyl (C=O) groups is 1. The standard InChI is InChI=1S/C21H21BrN4O2/c1-15(20-23-19(24-28-20)16-5-3-2-4-6-16)25-11-13-26(14-12-25)21(27)17-7-9-18(22)10-8-17/h2-10,15H,11-14H2,1H3. The highest BCUT2D eigenvalue weighted by molar-refractivity contribution is 9.10. The number of hydrogen-bond acceptors (Lipinski definition) is 5. The molecule has 1 atom stereocenters. The van der Waals surface area contributed by atoms with Gasteiger partial charge < -0.3 is 9.42 Å². The molecule has 1 amide bonds. The Morgan fingerprint density at radius 1 is 1.04 bits per heavy atom. The van der Waals surface area contributed by atoms with Gasteiger partial charge in [0, 0.05) is 41.8 Å². The van der Waals surface area contributed by atoms with E-state index in [1.165, 1.54) is 0 Å². The average Bonchev–Trinajstić information content (AvgIpc) is 3.24. The maximum absolute atomic E-state index is 12.7. The highest BCUT2D eigenvalue weighted by Crippen LogP contribution is 2.24. The second kappa shape index (κ2) is 8.24. The van der Waals surface area contributed by atoms with Gasteiger partial charge in [-0.25, -0.2) is 0 Å². The van der Waals surface area contributed by atoms with Crippen LogP contribution in [0.2, 0.25) is 0 Å². The van der Waals surface area contributed by atoms with Gasteiger partial charge in [0.05, 0.1) is 6.04 Å². The van der Waals surface area contributed by atoms with E-state index in [1.54, 1.807) is 0 Å². The van der Waals surface area contributed by atoms with Crippen LogP contribution < -0.4 is 0 Å². The maximum Gasteiger partial charge on any atom is 0.253 e. The lowest BCUT2D eigenvalue weighted by Gasteiger charge is -2.36. The number of aromatic nitrogens is 2. The minimum atomic E-state index is 0.00916. The number of piperazine rings is 1. The zero-order chi connectivity index (χ0) is 19.5. The van der Waals surface area contributed by atoms with Crippen LogP contribution in [0.1, 0.15) is 29.2 Å². The maximum atomic E-state index is 12.7. The molecule has 28 heavy (non-hydrogen) atoms. The first kappa shape index (κ1) is 18.8. The Bertz CT molecular complexity index is 935. The van der Waals surface area contributed by atoms with E-state index >= 15 is 0 Å². The minimum absolute atomic E-state index is 0.00916. The van der Waals surface area contributed by atoms with E-state index in [1.807, 2.05) is 59.5 Å². The van der Waals surface area contributed by atoms with Crippen molar-refractivity contribution in [1.82, 2.24) is 19.9 Å². The van der Waals surface area contributed by atoms with E-state index in [0.717, 1.165) is 23.1 Å². The van der Waals surface area contributed by atoms with Gasteiger partial charge in [0.25, 0.3) is 5.91 Å². The van der Waals surface area contributed by atoms with Gasteiger partial charge in [-0.1, -0.05) is 51.4 Å². The van der Waals surface area contributed by atoms with Crippen molar-refractivity contribution in [1.29, 1.82) is 0 Å². The summed E-state index contributed by atoms with van der Waals surface area (Å²) in [5.74, 6) is 1.28. The number of rotatable bonds is 4. The number of carbonyl (C=O) groups excluding carboxylic acids is 1. The summed E-state index contributed by atoms with van der Waals surface area (Å²) in [6.45, 7) is 4.96. The quantitative estimate of drug-likeness (QED) is 0.612. The Labute approximate surface area is 172 Å². The van der Waals surface area contributed by atoms with Gasteiger partial charge in [-0.05, 0) is 31.2 Å². The molecule has 2 heterocycles. The molecule has 4 rings (SSSR count). The number of hydrogen-bond donors (Lipinski definition) is 0. The van der Waals surface area contributed by atoms with Crippen molar-refractivity contribution in [3.63, 3.8) is 0 Å². The first-order chi connectivity index (χ1) is 13.6. The van der Waals surface area contributed by atoms with Crippen LogP contribution in [0.5, 0.6) is 0 Å². The third kappa shape index (κ3) is 4.00. The van der Waals surface area contributed by atoms with E-state index in [2.05, 4.69) is 37.9 Å². The summed E-state index contributed by atoms with van der Waals surface area (Å²) in [5, 5.41) is 4.11. The van der Waals surface area contributed by atoms with Gasteiger partial charge >= 0.3 is 0 Å². The molecule has 144 valence electrons. The van der Waals surface area contributed by atoms with E-state index in [-0.39, 0.29) is 11.9 Å². The van der Waals surface area contributed by atoms with E-state index in [9.17, 15) is 4.79 Å². The highest BCUT2D eigenvalue weighted by Gasteiger charge is 2.28. The third-order valence-corrected chi connectivity index (χ3v) is 5.60. The number of benzene rings is 2. The van der Waals surface area contributed by atoms with Crippen molar-refractivity contribution in [2.75, 3.05) is 26.2 Å². The lowest BCUT2D eigenvalue weighted by Crippen LogP contribution is -2.49. The molecule has 1 aliphatic heterocycles. The lowest BCUT2D eigenvalue weighted by molar-refractivity contribution is 0.0551. The molecular weight excluding hydrogens is 420 g/mol. The molecule has 0 saturated carbocycles. The molecule has 1 fully saturated rings. The second-order valence-electron chi connectivity index (χ2n) is 6.83. The Hall–Kier alpha value is -2.51. The first-order valence-corrected chi connectivity index (χ1v) is 10.1. The Balaban J connectivity index is 1.38. The number of amides is 1. The van der Waals surface area contributed by atoms with E-state index in [0.29, 0.717) is 30.4 Å². The molecule has 1 aliphatic rings. The lowest BCUT2D eigenvalue weighted by atomic mass is 10.1. The number of halogens is 1. The van der Waals surface area contributed by atoms with Gasteiger partial charge in [0.1, 0.15) is 0 Å². The summed E-state index contributed by atoms with van der Waals surface area (Å²) < 4.78 is 6.47. The Morgan fingerprint density at radius 2 is 1.71 bits per heavy atom. The van der Waals surface area contributed by atoms with E-state index < -0.39 is 0 Å². The fourth-order valence-electron chi connectivity index (χ4n) is 3.35. The van der Waals surface area contributed by atoms with Crippen LogP contribution in [-0.2, 0) is 0 Å². The van der Waals surface area contributed by atoms with Crippen LogP contribution >= 0.6 is 15.9 Å². The summed E-state index contributed by atoms with van der Waals surface area (Å²) in [7, 11) is 0. The average molecular weight is 441 g/mol. The molecule has 0 N–H and O–H groups in total. The summed E-state index contributed by atoms with van der Waals surface area (Å²) in [6.07, 6.45) is 0. The SMILES string of the molecule is CC(c1nc(-c2ccccc2)no1)N1CCN(C(=O)c2ccc(Br)cc2)CC1. The van der Waals surface area contributed by atoms with Crippen molar-refractivity contribution < 1.29 is 9.32 Å². The van der Waals surface area contributed by atoms with Gasteiger partial charge in [-0.3, -0.25) is 9.69 Å². The molecule has 7 heteroatoms.